The van der Waals surface area contributed by atoms with Gasteiger partial charge in [-0.1, -0.05) is 20.8 Å². The van der Waals surface area contributed by atoms with Crippen molar-refractivity contribution in [3.05, 3.63) is 34.0 Å². The van der Waals surface area contributed by atoms with Crippen molar-refractivity contribution >= 4 is 17.1 Å². The molecule has 0 aliphatic carbocycles. The second-order valence-corrected chi connectivity index (χ2v) is 6.26. The summed E-state index contributed by atoms with van der Waals surface area (Å²) in [5.41, 5.74) is 1.70. The number of carbonyl (C=O) groups excluding carboxylic acids is 1. The Bertz CT molecular complexity index is 563. The third-order valence-electron chi connectivity index (χ3n) is 2.74. The number of aryl methyl sites for hydroxylation is 1. The van der Waals surface area contributed by atoms with Crippen LogP contribution in [0.5, 0.6) is 0 Å². The zero-order valence-electron chi connectivity index (χ0n) is 11.1. The summed E-state index contributed by atoms with van der Waals surface area (Å²) in [5, 5.41) is 6.90. The Morgan fingerprint density at radius 1 is 1.44 bits per heavy atom. The minimum atomic E-state index is 0.0321. The summed E-state index contributed by atoms with van der Waals surface area (Å²) in [6.45, 7) is 6.36. The van der Waals surface area contributed by atoms with Crippen LogP contribution in [-0.4, -0.2) is 20.5 Å². The number of hydrogen-bond acceptors (Lipinski definition) is 4. The number of nitrogens with zero attached hydrogens (tertiary/aromatic N) is 3. The molecule has 0 unspecified atom stereocenters. The third-order valence-corrected chi connectivity index (χ3v) is 3.59. The van der Waals surface area contributed by atoms with Gasteiger partial charge in [0.25, 0.3) is 0 Å². The lowest BCUT2D eigenvalue weighted by molar-refractivity contribution is 0.0984. The van der Waals surface area contributed by atoms with Gasteiger partial charge in [-0.25, -0.2) is 4.98 Å². The highest BCUT2D eigenvalue weighted by atomic mass is 32.1. The highest BCUT2D eigenvalue weighted by Crippen LogP contribution is 2.24. The SMILES string of the molecule is Cn1nccc1C(=O)Cc1nc(C(C)(C)C)cs1. The number of Topliss-reactive ketones (excluding diaryl/α,β-unsaturated/α-hetero) is 1. The molecule has 0 spiro atoms. The number of carbonyl (C=O) groups is 1. The normalized spacial score (nSPS) is 11.8. The molecule has 2 aromatic rings. The van der Waals surface area contributed by atoms with Gasteiger partial charge in [0.1, 0.15) is 10.7 Å². The number of thiazole rings is 1. The second kappa shape index (κ2) is 4.65. The first-order valence-corrected chi connectivity index (χ1v) is 6.72. The number of aromatic nitrogens is 3. The van der Waals surface area contributed by atoms with Crippen LogP contribution < -0.4 is 0 Å². The molecule has 0 aliphatic heterocycles. The minimum Gasteiger partial charge on any atom is -0.292 e. The van der Waals surface area contributed by atoms with Crippen molar-refractivity contribution in [1.29, 1.82) is 0 Å². The molecule has 2 aromatic heterocycles. The van der Waals surface area contributed by atoms with Gasteiger partial charge in [-0.05, 0) is 6.07 Å². The van der Waals surface area contributed by atoms with Crippen LogP contribution in [0.15, 0.2) is 17.6 Å². The quantitative estimate of drug-likeness (QED) is 0.800. The smallest absolute Gasteiger partial charge is 0.187 e. The number of ketones is 1. The van der Waals surface area contributed by atoms with E-state index in [2.05, 4.69) is 30.9 Å². The van der Waals surface area contributed by atoms with Crippen molar-refractivity contribution in [3.63, 3.8) is 0 Å². The molecule has 2 heterocycles. The van der Waals surface area contributed by atoms with Crippen LogP contribution in [0.4, 0.5) is 0 Å². The van der Waals surface area contributed by atoms with Crippen LogP contribution in [0.1, 0.15) is 42.0 Å². The minimum absolute atomic E-state index is 0.0321. The maximum Gasteiger partial charge on any atom is 0.187 e. The van der Waals surface area contributed by atoms with E-state index in [9.17, 15) is 4.79 Å². The lowest BCUT2D eigenvalue weighted by atomic mass is 9.93. The van der Waals surface area contributed by atoms with Gasteiger partial charge < -0.3 is 0 Å². The Labute approximate surface area is 111 Å². The fourth-order valence-corrected chi connectivity index (χ4v) is 2.63. The molecule has 0 amide bonds. The van der Waals surface area contributed by atoms with Crippen LogP contribution in [0.2, 0.25) is 0 Å². The van der Waals surface area contributed by atoms with Gasteiger partial charge in [-0.15, -0.1) is 11.3 Å². The summed E-state index contributed by atoms with van der Waals surface area (Å²) in [7, 11) is 1.77. The van der Waals surface area contributed by atoms with Crippen molar-refractivity contribution in [1.82, 2.24) is 14.8 Å². The molecule has 96 valence electrons. The van der Waals surface area contributed by atoms with E-state index in [1.54, 1.807) is 35.3 Å². The molecule has 4 nitrogen and oxygen atoms in total. The molecule has 0 N–H and O–H groups in total. The van der Waals surface area contributed by atoms with E-state index in [1.165, 1.54) is 0 Å². The molecule has 18 heavy (non-hydrogen) atoms. The molecule has 0 bridgehead atoms. The van der Waals surface area contributed by atoms with Crippen molar-refractivity contribution in [2.24, 2.45) is 7.05 Å². The average molecular weight is 263 g/mol. The van der Waals surface area contributed by atoms with E-state index in [1.807, 2.05) is 5.38 Å². The van der Waals surface area contributed by atoms with Crippen molar-refractivity contribution in [2.45, 2.75) is 32.6 Å². The number of hydrogen-bond donors (Lipinski definition) is 0. The van der Waals surface area contributed by atoms with Crippen LogP contribution >= 0.6 is 11.3 Å². The van der Waals surface area contributed by atoms with E-state index < -0.39 is 0 Å². The summed E-state index contributed by atoms with van der Waals surface area (Å²) in [6.07, 6.45) is 1.98. The molecule has 0 radical (unpaired) electrons. The Kier molecular flexibility index (Phi) is 3.34. The van der Waals surface area contributed by atoms with Gasteiger partial charge in [0.2, 0.25) is 0 Å². The lowest BCUT2D eigenvalue weighted by Crippen LogP contribution is -2.13. The molecule has 0 saturated heterocycles. The predicted molar refractivity (Wildman–Crippen MR) is 72.1 cm³/mol. The van der Waals surface area contributed by atoms with Crippen LogP contribution in [0, 0.1) is 0 Å². The first kappa shape index (κ1) is 13.0. The van der Waals surface area contributed by atoms with E-state index >= 15 is 0 Å². The van der Waals surface area contributed by atoms with Gasteiger partial charge >= 0.3 is 0 Å². The Morgan fingerprint density at radius 2 is 2.17 bits per heavy atom. The van der Waals surface area contributed by atoms with E-state index in [0.717, 1.165) is 10.7 Å². The molecule has 5 heteroatoms. The molecule has 0 aliphatic rings. The van der Waals surface area contributed by atoms with Crippen molar-refractivity contribution in [3.8, 4) is 0 Å². The maximum absolute atomic E-state index is 12.1. The van der Waals surface area contributed by atoms with Gasteiger partial charge in [0.15, 0.2) is 5.78 Å². The Balaban J connectivity index is 2.13. The number of rotatable bonds is 3. The monoisotopic (exact) mass is 263 g/mol. The van der Waals surface area contributed by atoms with Crippen LogP contribution in [0.3, 0.4) is 0 Å². The van der Waals surface area contributed by atoms with Gasteiger partial charge in [0, 0.05) is 24.0 Å². The summed E-state index contributed by atoms with van der Waals surface area (Å²) in [4.78, 5) is 16.6. The van der Waals surface area contributed by atoms with Crippen LogP contribution in [0.25, 0.3) is 0 Å². The fourth-order valence-electron chi connectivity index (χ4n) is 1.61. The zero-order valence-corrected chi connectivity index (χ0v) is 11.9. The maximum atomic E-state index is 12.1. The standard InChI is InChI=1S/C13H17N3OS/c1-13(2,3)11-8-18-12(15-11)7-10(17)9-5-6-14-16(9)4/h5-6,8H,7H2,1-4H3. The van der Waals surface area contributed by atoms with E-state index in [0.29, 0.717) is 12.1 Å². The summed E-state index contributed by atoms with van der Waals surface area (Å²) in [5.74, 6) is 0.0600. The Morgan fingerprint density at radius 3 is 2.67 bits per heavy atom. The van der Waals surface area contributed by atoms with Gasteiger partial charge in [0.05, 0.1) is 12.1 Å². The largest absolute Gasteiger partial charge is 0.292 e. The molecular weight excluding hydrogens is 246 g/mol. The summed E-state index contributed by atoms with van der Waals surface area (Å²) in [6, 6.07) is 1.74. The predicted octanol–water partition coefficient (Wildman–Crippen LogP) is 2.60. The molecule has 2 rings (SSSR count). The highest BCUT2D eigenvalue weighted by Gasteiger charge is 2.19. The van der Waals surface area contributed by atoms with E-state index in [4.69, 9.17) is 0 Å². The van der Waals surface area contributed by atoms with Gasteiger partial charge in [-0.2, -0.15) is 5.10 Å². The topological polar surface area (TPSA) is 47.8 Å². The van der Waals surface area contributed by atoms with Gasteiger partial charge in [-0.3, -0.25) is 9.48 Å². The Hall–Kier alpha value is -1.49. The average Bonchev–Trinajstić information content (AvgIpc) is 2.85. The summed E-state index contributed by atoms with van der Waals surface area (Å²) >= 11 is 1.55. The van der Waals surface area contributed by atoms with Crippen molar-refractivity contribution in [2.75, 3.05) is 0 Å². The summed E-state index contributed by atoms with van der Waals surface area (Å²) < 4.78 is 1.60. The molecule has 0 fully saturated rings. The fraction of sp³-hybridized carbons (Fsp3) is 0.462. The van der Waals surface area contributed by atoms with Crippen molar-refractivity contribution < 1.29 is 4.79 Å². The third kappa shape index (κ3) is 2.67. The second-order valence-electron chi connectivity index (χ2n) is 5.32. The molecule has 0 atom stereocenters. The zero-order chi connectivity index (χ0) is 13.3. The first-order chi connectivity index (χ1) is 8.38. The van der Waals surface area contributed by atoms with E-state index in [-0.39, 0.29) is 11.2 Å². The molecular formula is C13H17N3OS. The molecule has 0 saturated carbocycles. The first-order valence-electron chi connectivity index (χ1n) is 5.84. The lowest BCUT2D eigenvalue weighted by Gasteiger charge is -2.14. The van der Waals surface area contributed by atoms with Crippen LogP contribution in [-0.2, 0) is 18.9 Å². The molecule has 0 aromatic carbocycles. The highest BCUT2D eigenvalue weighted by molar-refractivity contribution is 7.09.